The molecule has 0 nitrogen and oxygen atoms in total. The van der Waals surface area contributed by atoms with Crippen LogP contribution >= 0.6 is 0 Å². The Balaban J connectivity index is 0. The van der Waals surface area contributed by atoms with Gasteiger partial charge >= 0.3 is 0 Å². The van der Waals surface area contributed by atoms with Crippen LogP contribution in [0.5, 0.6) is 0 Å². The summed E-state index contributed by atoms with van der Waals surface area (Å²) in [6.07, 6.45) is 4.81. The van der Waals surface area contributed by atoms with Crippen LogP contribution in [0, 0.1) is 0 Å². The van der Waals surface area contributed by atoms with E-state index in [1.165, 1.54) is 6.42 Å². The van der Waals surface area contributed by atoms with Gasteiger partial charge in [-0.3, -0.25) is 0 Å². The van der Waals surface area contributed by atoms with Crippen LogP contribution in [0.2, 0.25) is 0 Å². The molecule has 0 radical (unpaired) electrons. The molecule has 0 spiro atoms. The molecule has 0 aromatic rings. The Morgan fingerprint density at radius 2 is 1.35 bits per heavy atom. The Labute approximate surface area is 122 Å². The van der Waals surface area contributed by atoms with Crippen molar-refractivity contribution in [2.75, 3.05) is 0 Å². The minimum Gasteiger partial charge on any atom is -0.203 e. The third-order valence-electron chi connectivity index (χ3n) is 2.15. The molecule has 0 aliphatic carbocycles. The van der Waals surface area contributed by atoms with Crippen molar-refractivity contribution >= 4 is 0 Å². The van der Waals surface area contributed by atoms with Gasteiger partial charge in [0.25, 0.3) is 0 Å². The fourth-order valence-corrected chi connectivity index (χ4v) is 0.927. The van der Waals surface area contributed by atoms with Gasteiger partial charge in [-0.15, -0.1) is 0 Å². The normalized spacial score (nSPS) is 11.3. The summed E-state index contributed by atoms with van der Waals surface area (Å²) in [5.74, 6) is -1.96. The van der Waals surface area contributed by atoms with Crippen molar-refractivity contribution in [1.29, 1.82) is 0 Å². The molecule has 0 aliphatic rings. The first-order valence-corrected chi connectivity index (χ1v) is 6.68. The van der Waals surface area contributed by atoms with Crippen LogP contribution in [0.3, 0.4) is 0 Å². The van der Waals surface area contributed by atoms with E-state index in [0.717, 1.165) is 5.57 Å². The van der Waals surface area contributed by atoms with Crippen LogP contribution in [0.4, 0.5) is 8.78 Å². The first-order valence-electron chi connectivity index (χ1n) is 6.68. The summed E-state index contributed by atoms with van der Waals surface area (Å²) < 4.78 is 27.1. The summed E-state index contributed by atoms with van der Waals surface area (Å²) in [4.78, 5) is 0. The maximum atomic E-state index is 13.6. The van der Waals surface area contributed by atoms with Crippen LogP contribution in [0.25, 0.3) is 0 Å². The lowest BCUT2D eigenvalue weighted by molar-refractivity contribution is 0.554. The lowest BCUT2D eigenvalue weighted by atomic mass is 10.0. The van der Waals surface area contributed by atoms with E-state index in [2.05, 4.69) is 40.2 Å². The minimum atomic E-state index is -1.01. The predicted octanol–water partition coefficient (Wildman–Crippen LogP) is 6.76. The molecule has 0 fully saturated rings. The Bertz CT molecular complexity index is 434. The average molecular weight is 280 g/mol. The Morgan fingerprint density at radius 3 is 1.70 bits per heavy atom. The molecule has 0 atom stereocenters. The van der Waals surface area contributed by atoms with Gasteiger partial charge in [-0.25, -0.2) is 8.78 Å². The Kier molecular flexibility index (Phi) is 11.5. The van der Waals surface area contributed by atoms with Crippen molar-refractivity contribution in [2.45, 2.75) is 40.5 Å². The molecule has 112 valence electrons. The quantitative estimate of drug-likeness (QED) is 0.471. The van der Waals surface area contributed by atoms with Crippen molar-refractivity contribution in [3.05, 3.63) is 72.4 Å². The van der Waals surface area contributed by atoms with Gasteiger partial charge in [0.1, 0.15) is 0 Å². The lowest BCUT2D eigenvalue weighted by Crippen LogP contribution is -1.91. The largest absolute Gasteiger partial charge is 0.203 e. The van der Waals surface area contributed by atoms with E-state index in [1.807, 2.05) is 0 Å². The van der Waals surface area contributed by atoms with Crippen LogP contribution in [-0.2, 0) is 0 Å². The van der Waals surface area contributed by atoms with Crippen LogP contribution in [0.15, 0.2) is 72.4 Å². The van der Waals surface area contributed by atoms with E-state index in [1.54, 1.807) is 26.0 Å². The number of hydrogen-bond acceptors (Lipinski definition) is 0. The van der Waals surface area contributed by atoms with E-state index in [-0.39, 0.29) is 11.1 Å². The predicted molar refractivity (Wildman–Crippen MR) is 86.9 cm³/mol. The second kappa shape index (κ2) is 11.2. The standard InChI is InChI=1S/C15H18F2.C3H8/c1-7-11(4)14(16)15(17)13(6)12(5)9-8-10(2)3;1-3-2/h8-9H,2,4-7H2,1,3H3;3H2,1-2H3/b9-8-,15-14-;. The van der Waals surface area contributed by atoms with Gasteiger partial charge in [0.15, 0.2) is 11.7 Å². The lowest BCUT2D eigenvalue weighted by Gasteiger charge is -2.06. The molecule has 2 heteroatoms. The zero-order valence-electron chi connectivity index (χ0n) is 13.2. The van der Waals surface area contributed by atoms with Gasteiger partial charge in [-0.1, -0.05) is 71.2 Å². The zero-order valence-corrected chi connectivity index (χ0v) is 13.2. The van der Waals surface area contributed by atoms with Gasteiger partial charge < -0.3 is 0 Å². The Morgan fingerprint density at radius 1 is 0.900 bits per heavy atom. The maximum Gasteiger partial charge on any atom is 0.166 e. The monoisotopic (exact) mass is 280 g/mol. The topological polar surface area (TPSA) is 0 Å². The highest BCUT2D eigenvalue weighted by Crippen LogP contribution is 2.27. The fourth-order valence-electron chi connectivity index (χ4n) is 0.927. The van der Waals surface area contributed by atoms with Gasteiger partial charge in [0, 0.05) is 5.57 Å². The average Bonchev–Trinajstić information content (AvgIpc) is 2.42. The third-order valence-corrected chi connectivity index (χ3v) is 2.15. The molecule has 0 N–H and O–H groups in total. The summed E-state index contributed by atoms with van der Waals surface area (Å²) in [6, 6.07) is 0. The molecule has 0 aromatic heterocycles. The zero-order chi connectivity index (χ0) is 16.3. The molecule has 0 bridgehead atoms. The molecule has 0 rings (SSSR count). The summed E-state index contributed by atoms with van der Waals surface area (Å²) in [5, 5.41) is 0. The smallest absolute Gasteiger partial charge is 0.166 e. The summed E-state index contributed by atoms with van der Waals surface area (Å²) in [5.41, 5.74) is 1.14. The van der Waals surface area contributed by atoms with E-state index in [4.69, 9.17) is 0 Å². The highest BCUT2D eigenvalue weighted by Gasteiger charge is 2.13. The van der Waals surface area contributed by atoms with Crippen molar-refractivity contribution in [2.24, 2.45) is 0 Å². The number of allylic oxidation sites excluding steroid dienone is 8. The van der Waals surface area contributed by atoms with Crippen LogP contribution in [-0.4, -0.2) is 0 Å². The van der Waals surface area contributed by atoms with Crippen molar-refractivity contribution < 1.29 is 8.78 Å². The fraction of sp³-hybridized carbons (Fsp3) is 0.333. The Hall–Kier alpha value is -1.70. The number of rotatable bonds is 6. The SMILES string of the molecule is C=C(C)/C=C\C(=C)C(=C)/C(F)=C(/F)C(=C)CC.CCC. The van der Waals surface area contributed by atoms with Crippen LogP contribution < -0.4 is 0 Å². The maximum absolute atomic E-state index is 13.6. The molecular weight excluding hydrogens is 254 g/mol. The summed E-state index contributed by atoms with van der Waals surface area (Å²) >= 11 is 0. The van der Waals surface area contributed by atoms with E-state index in [0.29, 0.717) is 12.0 Å². The van der Waals surface area contributed by atoms with E-state index < -0.39 is 11.7 Å². The van der Waals surface area contributed by atoms with Crippen molar-refractivity contribution in [3.8, 4) is 0 Å². The van der Waals surface area contributed by atoms with Gasteiger partial charge in [-0.05, 0) is 24.5 Å². The number of hydrogen-bond donors (Lipinski definition) is 0. The van der Waals surface area contributed by atoms with Gasteiger partial charge in [-0.2, -0.15) is 0 Å². The molecule has 0 aliphatic heterocycles. The molecule has 0 saturated carbocycles. The van der Waals surface area contributed by atoms with Gasteiger partial charge in [0.05, 0.1) is 0 Å². The highest BCUT2D eigenvalue weighted by atomic mass is 19.2. The molecule has 0 heterocycles. The first kappa shape index (κ1) is 20.6. The molecule has 20 heavy (non-hydrogen) atoms. The molecular formula is C18H26F2. The summed E-state index contributed by atoms with van der Waals surface area (Å²) in [6.45, 7) is 21.9. The number of halogens is 2. The molecule has 0 unspecified atom stereocenters. The minimum absolute atomic E-state index is 0.0744. The molecule has 0 amide bonds. The van der Waals surface area contributed by atoms with Gasteiger partial charge in [0.2, 0.25) is 0 Å². The van der Waals surface area contributed by atoms with E-state index in [9.17, 15) is 8.78 Å². The van der Waals surface area contributed by atoms with E-state index >= 15 is 0 Å². The van der Waals surface area contributed by atoms with Crippen molar-refractivity contribution in [1.82, 2.24) is 0 Å². The molecule has 0 saturated heterocycles. The van der Waals surface area contributed by atoms with Crippen LogP contribution in [0.1, 0.15) is 40.5 Å². The second-order valence-electron chi connectivity index (χ2n) is 4.48. The summed E-state index contributed by atoms with van der Waals surface area (Å²) in [7, 11) is 0. The second-order valence-corrected chi connectivity index (χ2v) is 4.48. The van der Waals surface area contributed by atoms with Crippen molar-refractivity contribution in [3.63, 3.8) is 0 Å². The third kappa shape index (κ3) is 8.41. The first-order chi connectivity index (χ1) is 9.22. The molecule has 0 aromatic carbocycles. The highest BCUT2D eigenvalue weighted by molar-refractivity contribution is 5.50.